The molecule has 0 aromatic heterocycles. The summed E-state index contributed by atoms with van der Waals surface area (Å²) in [5, 5.41) is 0. The molecule has 0 amide bonds. The van der Waals surface area contributed by atoms with Gasteiger partial charge in [0.25, 0.3) is 0 Å². The molecular weight excluding hydrogens is 182 g/mol. The molecule has 0 radical (unpaired) electrons. The first-order chi connectivity index (χ1) is 7.22. The van der Waals surface area contributed by atoms with Crippen LogP contribution in [0.15, 0.2) is 0 Å². The Kier molecular flexibility index (Phi) is 3.71. The molecule has 3 atom stereocenters. The van der Waals surface area contributed by atoms with Crippen molar-refractivity contribution in [2.24, 2.45) is 29.4 Å². The summed E-state index contributed by atoms with van der Waals surface area (Å²) in [6, 6.07) is 0.499. The van der Waals surface area contributed by atoms with Crippen molar-refractivity contribution in [3.8, 4) is 0 Å². The van der Waals surface area contributed by atoms with Gasteiger partial charge in [-0.25, -0.2) is 0 Å². The summed E-state index contributed by atoms with van der Waals surface area (Å²) in [6.07, 6.45) is 10.0. The monoisotopic (exact) mass is 209 g/mol. The lowest BCUT2D eigenvalue weighted by Gasteiger charge is -2.34. The highest BCUT2D eigenvalue weighted by Crippen LogP contribution is 2.43. The average molecular weight is 209 g/mol. The number of rotatable bonds is 2. The molecule has 1 heteroatoms. The second-order valence-corrected chi connectivity index (χ2v) is 5.95. The average Bonchev–Trinajstić information content (AvgIpc) is 2.60. The van der Waals surface area contributed by atoms with Gasteiger partial charge in [-0.1, -0.05) is 33.1 Å². The fourth-order valence-electron chi connectivity index (χ4n) is 3.92. The van der Waals surface area contributed by atoms with Crippen molar-refractivity contribution in [3.05, 3.63) is 0 Å². The van der Waals surface area contributed by atoms with Crippen LogP contribution in [0.3, 0.4) is 0 Å². The van der Waals surface area contributed by atoms with Gasteiger partial charge in [-0.15, -0.1) is 0 Å². The van der Waals surface area contributed by atoms with E-state index >= 15 is 0 Å². The number of hydrogen-bond acceptors (Lipinski definition) is 1. The summed E-state index contributed by atoms with van der Waals surface area (Å²) in [6.45, 7) is 4.73. The third-order valence-electron chi connectivity index (χ3n) is 5.26. The first-order valence-corrected chi connectivity index (χ1v) is 6.98. The summed E-state index contributed by atoms with van der Waals surface area (Å²) in [4.78, 5) is 0. The SMILES string of the molecule is CCC1CCC(C2CCC(N)C2C)CC1. The summed E-state index contributed by atoms with van der Waals surface area (Å²) in [7, 11) is 0. The maximum atomic E-state index is 6.13. The van der Waals surface area contributed by atoms with Crippen LogP contribution in [-0.2, 0) is 0 Å². The molecular formula is C14H27N. The van der Waals surface area contributed by atoms with Crippen LogP contribution in [0.1, 0.15) is 58.8 Å². The Morgan fingerprint density at radius 3 is 2.13 bits per heavy atom. The van der Waals surface area contributed by atoms with Crippen LogP contribution in [-0.4, -0.2) is 6.04 Å². The summed E-state index contributed by atoms with van der Waals surface area (Å²) in [5.74, 6) is 3.79. The molecule has 2 rings (SSSR count). The van der Waals surface area contributed by atoms with Crippen molar-refractivity contribution in [2.45, 2.75) is 64.8 Å². The molecule has 2 fully saturated rings. The summed E-state index contributed by atoms with van der Waals surface area (Å²) >= 11 is 0. The predicted octanol–water partition coefficient (Wildman–Crippen LogP) is 3.58. The van der Waals surface area contributed by atoms with Crippen LogP contribution in [0.25, 0.3) is 0 Å². The van der Waals surface area contributed by atoms with Crippen LogP contribution in [0.4, 0.5) is 0 Å². The van der Waals surface area contributed by atoms with E-state index in [0.717, 1.165) is 23.7 Å². The molecule has 3 unspecified atom stereocenters. The lowest BCUT2D eigenvalue weighted by molar-refractivity contribution is 0.172. The van der Waals surface area contributed by atoms with Gasteiger partial charge < -0.3 is 5.73 Å². The van der Waals surface area contributed by atoms with Gasteiger partial charge in [0.2, 0.25) is 0 Å². The number of hydrogen-bond donors (Lipinski definition) is 1. The van der Waals surface area contributed by atoms with Crippen molar-refractivity contribution in [2.75, 3.05) is 0 Å². The Hall–Kier alpha value is -0.0400. The zero-order valence-corrected chi connectivity index (χ0v) is 10.4. The van der Waals surface area contributed by atoms with Gasteiger partial charge in [-0.3, -0.25) is 0 Å². The van der Waals surface area contributed by atoms with E-state index in [0.29, 0.717) is 6.04 Å². The molecule has 0 aromatic rings. The zero-order chi connectivity index (χ0) is 10.8. The second-order valence-electron chi connectivity index (χ2n) is 5.95. The largest absolute Gasteiger partial charge is 0.327 e. The molecule has 0 aromatic carbocycles. The molecule has 0 bridgehead atoms. The third kappa shape index (κ3) is 2.38. The van der Waals surface area contributed by atoms with Crippen molar-refractivity contribution in [3.63, 3.8) is 0 Å². The first kappa shape index (κ1) is 11.4. The molecule has 1 nitrogen and oxygen atoms in total. The highest BCUT2D eigenvalue weighted by atomic mass is 14.7. The van der Waals surface area contributed by atoms with E-state index in [1.165, 1.54) is 44.9 Å². The van der Waals surface area contributed by atoms with E-state index in [9.17, 15) is 0 Å². The normalized spacial score (nSPS) is 47.0. The molecule has 2 N–H and O–H groups in total. The Labute approximate surface area is 94.8 Å². The molecule has 2 saturated carbocycles. The second kappa shape index (κ2) is 4.86. The molecule has 0 heterocycles. The minimum absolute atomic E-state index is 0.499. The van der Waals surface area contributed by atoms with Gasteiger partial charge >= 0.3 is 0 Å². The summed E-state index contributed by atoms with van der Waals surface area (Å²) in [5.41, 5.74) is 6.13. The quantitative estimate of drug-likeness (QED) is 0.739. The maximum absolute atomic E-state index is 6.13. The van der Waals surface area contributed by atoms with Crippen LogP contribution in [0, 0.1) is 23.7 Å². The Bertz CT molecular complexity index is 194. The predicted molar refractivity (Wildman–Crippen MR) is 65.6 cm³/mol. The van der Waals surface area contributed by atoms with E-state index in [-0.39, 0.29) is 0 Å². The first-order valence-electron chi connectivity index (χ1n) is 6.98. The van der Waals surface area contributed by atoms with E-state index in [2.05, 4.69) is 13.8 Å². The van der Waals surface area contributed by atoms with Crippen LogP contribution < -0.4 is 5.73 Å². The molecule has 0 spiro atoms. The molecule has 88 valence electrons. The Morgan fingerprint density at radius 2 is 1.67 bits per heavy atom. The maximum Gasteiger partial charge on any atom is 0.00673 e. The molecule has 0 aliphatic heterocycles. The highest BCUT2D eigenvalue weighted by molar-refractivity contribution is 4.89. The van der Waals surface area contributed by atoms with Gasteiger partial charge in [0.15, 0.2) is 0 Å². The Morgan fingerprint density at radius 1 is 1.00 bits per heavy atom. The van der Waals surface area contributed by atoms with Crippen LogP contribution in [0.2, 0.25) is 0 Å². The van der Waals surface area contributed by atoms with Crippen molar-refractivity contribution in [1.82, 2.24) is 0 Å². The van der Waals surface area contributed by atoms with E-state index in [4.69, 9.17) is 5.73 Å². The Balaban J connectivity index is 1.85. The van der Waals surface area contributed by atoms with E-state index in [1.54, 1.807) is 0 Å². The fourth-order valence-corrected chi connectivity index (χ4v) is 3.92. The zero-order valence-electron chi connectivity index (χ0n) is 10.4. The van der Waals surface area contributed by atoms with Crippen LogP contribution in [0.5, 0.6) is 0 Å². The minimum atomic E-state index is 0.499. The fraction of sp³-hybridized carbons (Fsp3) is 1.00. The van der Waals surface area contributed by atoms with Crippen LogP contribution >= 0.6 is 0 Å². The standard InChI is InChI=1S/C14H27N/c1-3-11-4-6-12(7-5-11)13-8-9-14(15)10(13)2/h10-14H,3-9,15H2,1-2H3. The third-order valence-corrected chi connectivity index (χ3v) is 5.26. The lowest BCUT2D eigenvalue weighted by Crippen LogP contribution is -2.30. The molecule has 15 heavy (non-hydrogen) atoms. The van der Waals surface area contributed by atoms with Gasteiger partial charge in [0, 0.05) is 6.04 Å². The van der Waals surface area contributed by atoms with Gasteiger partial charge in [-0.2, -0.15) is 0 Å². The van der Waals surface area contributed by atoms with E-state index < -0.39 is 0 Å². The van der Waals surface area contributed by atoms with Crippen molar-refractivity contribution in [1.29, 1.82) is 0 Å². The van der Waals surface area contributed by atoms with Crippen molar-refractivity contribution >= 4 is 0 Å². The van der Waals surface area contributed by atoms with Gasteiger partial charge in [0.1, 0.15) is 0 Å². The van der Waals surface area contributed by atoms with E-state index in [1.807, 2.05) is 0 Å². The smallest absolute Gasteiger partial charge is 0.00673 e. The lowest BCUT2D eigenvalue weighted by atomic mass is 9.72. The summed E-state index contributed by atoms with van der Waals surface area (Å²) < 4.78 is 0. The van der Waals surface area contributed by atoms with Gasteiger partial charge in [0.05, 0.1) is 0 Å². The number of nitrogens with two attached hydrogens (primary N) is 1. The molecule has 2 aliphatic carbocycles. The molecule has 0 saturated heterocycles. The van der Waals surface area contributed by atoms with Crippen molar-refractivity contribution < 1.29 is 0 Å². The highest BCUT2D eigenvalue weighted by Gasteiger charge is 2.36. The minimum Gasteiger partial charge on any atom is -0.327 e. The van der Waals surface area contributed by atoms with Gasteiger partial charge in [-0.05, 0) is 49.4 Å². The molecule has 2 aliphatic rings. The topological polar surface area (TPSA) is 26.0 Å².